The molecule has 0 saturated heterocycles. The highest BCUT2D eigenvalue weighted by molar-refractivity contribution is 7.18. The van der Waals surface area contributed by atoms with Crippen LogP contribution in [0.4, 0.5) is 10.1 Å². The van der Waals surface area contributed by atoms with E-state index in [1.807, 2.05) is 36.4 Å². The van der Waals surface area contributed by atoms with E-state index in [0.29, 0.717) is 16.2 Å². The molecule has 0 radical (unpaired) electrons. The van der Waals surface area contributed by atoms with Crippen molar-refractivity contribution in [2.75, 3.05) is 11.9 Å². The van der Waals surface area contributed by atoms with Crippen molar-refractivity contribution in [3.05, 3.63) is 100 Å². The summed E-state index contributed by atoms with van der Waals surface area (Å²) in [5.41, 5.74) is 2.94. The average molecular weight is 563 g/mol. The van der Waals surface area contributed by atoms with Crippen molar-refractivity contribution in [1.29, 1.82) is 0 Å². The number of hydrogen-bond acceptors (Lipinski definition) is 6. The molecule has 0 aliphatic carbocycles. The Balaban J connectivity index is 1.43. The molecule has 5 aromatic rings. The van der Waals surface area contributed by atoms with Gasteiger partial charge in [-0.2, -0.15) is 0 Å². The second-order valence-electron chi connectivity index (χ2n) is 8.30. The first-order valence-electron chi connectivity index (χ1n) is 11.7. The molecular weight excluding hydrogens is 543 g/mol. The number of amides is 1. The van der Waals surface area contributed by atoms with E-state index in [9.17, 15) is 19.1 Å². The van der Waals surface area contributed by atoms with Crippen molar-refractivity contribution in [2.24, 2.45) is 0 Å². The van der Waals surface area contributed by atoms with Gasteiger partial charge in [0.25, 0.3) is 5.91 Å². The molecule has 196 valence electrons. The van der Waals surface area contributed by atoms with Crippen LogP contribution in [-0.2, 0) is 9.53 Å². The summed E-state index contributed by atoms with van der Waals surface area (Å²) in [6, 6.07) is 18.3. The molecule has 3 heterocycles. The zero-order valence-corrected chi connectivity index (χ0v) is 22.0. The second-order valence-corrected chi connectivity index (χ2v) is 9.79. The van der Waals surface area contributed by atoms with Gasteiger partial charge >= 0.3 is 5.97 Å². The Morgan fingerprint density at radius 2 is 1.90 bits per heavy atom. The first kappa shape index (κ1) is 26.1. The molecule has 0 aliphatic heterocycles. The molecule has 3 aromatic heterocycles. The Labute approximate surface area is 231 Å². The van der Waals surface area contributed by atoms with Crippen LogP contribution in [0.25, 0.3) is 38.4 Å². The van der Waals surface area contributed by atoms with E-state index in [2.05, 4.69) is 10.3 Å². The number of carboxylic acids is 1. The molecule has 2 N–H and O–H groups in total. The van der Waals surface area contributed by atoms with Crippen LogP contribution in [-0.4, -0.2) is 28.6 Å². The van der Waals surface area contributed by atoms with Crippen LogP contribution < -0.4 is 5.32 Å². The molecule has 0 aliphatic rings. The number of halogens is 2. The lowest BCUT2D eigenvalue weighted by Gasteiger charge is -2.10. The maximum absolute atomic E-state index is 14.6. The molecule has 0 atom stereocenters. The van der Waals surface area contributed by atoms with Crippen LogP contribution in [0, 0.1) is 5.82 Å². The minimum absolute atomic E-state index is 0.0333. The van der Waals surface area contributed by atoms with Gasteiger partial charge in [-0.15, -0.1) is 11.3 Å². The summed E-state index contributed by atoms with van der Waals surface area (Å²) in [6.07, 6.45) is 2.83. The molecule has 0 saturated carbocycles. The molecule has 0 spiro atoms. The first-order chi connectivity index (χ1) is 18.8. The summed E-state index contributed by atoms with van der Waals surface area (Å²) in [7, 11) is 0. The number of anilines is 1. The van der Waals surface area contributed by atoms with E-state index >= 15 is 0 Å². The quantitative estimate of drug-likeness (QED) is 0.148. The van der Waals surface area contributed by atoms with Gasteiger partial charge < -0.3 is 19.6 Å². The van der Waals surface area contributed by atoms with Crippen LogP contribution in [0.15, 0.2) is 83.6 Å². The number of carbonyl (C=O) groups excluding carboxylic acids is 1. The van der Waals surface area contributed by atoms with Gasteiger partial charge in [0.1, 0.15) is 22.0 Å². The van der Waals surface area contributed by atoms with Crippen LogP contribution >= 0.6 is 22.9 Å². The van der Waals surface area contributed by atoms with E-state index in [4.69, 9.17) is 20.8 Å². The van der Waals surface area contributed by atoms with Crippen molar-refractivity contribution >= 4 is 57.2 Å². The Morgan fingerprint density at radius 1 is 1.13 bits per heavy atom. The molecule has 39 heavy (non-hydrogen) atoms. The summed E-state index contributed by atoms with van der Waals surface area (Å²) in [5.74, 6) is -2.00. The molecule has 0 bridgehead atoms. The minimum atomic E-state index is -1.21. The van der Waals surface area contributed by atoms with Gasteiger partial charge in [-0.1, -0.05) is 35.9 Å². The first-order valence-corrected chi connectivity index (χ1v) is 12.9. The average Bonchev–Trinajstić information content (AvgIpc) is 3.55. The van der Waals surface area contributed by atoms with E-state index in [-0.39, 0.29) is 33.3 Å². The fourth-order valence-corrected chi connectivity index (χ4v) is 5.02. The molecule has 10 heteroatoms. The van der Waals surface area contributed by atoms with Gasteiger partial charge in [0.15, 0.2) is 5.58 Å². The Bertz CT molecular complexity index is 1690. The lowest BCUT2D eigenvalue weighted by atomic mass is 10.1. The summed E-state index contributed by atoms with van der Waals surface area (Å²) < 4.78 is 25.7. The smallest absolute Gasteiger partial charge is 0.348 e. The van der Waals surface area contributed by atoms with Crippen molar-refractivity contribution in [3.63, 3.8) is 0 Å². The maximum atomic E-state index is 14.6. The van der Waals surface area contributed by atoms with E-state index in [1.165, 1.54) is 12.1 Å². The largest absolute Gasteiger partial charge is 0.501 e. The van der Waals surface area contributed by atoms with E-state index in [1.54, 1.807) is 25.3 Å². The number of hydrogen-bond donors (Lipinski definition) is 2. The summed E-state index contributed by atoms with van der Waals surface area (Å²) in [6.45, 7) is 1.96. The number of fused-ring (bicyclic) bond motifs is 1. The SMILES string of the molecule is CCOC=C(C(=O)Nc1cc(-c2ccc(-c3cc4ncccc4o3)cc2)sc1C(=O)O)c1ccc(Cl)cc1F. The molecule has 5 rings (SSSR count). The van der Waals surface area contributed by atoms with Crippen LogP contribution in [0.3, 0.4) is 0 Å². The lowest BCUT2D eigenvalue weighted by Crippen LogP contribution is -2.16. The maximum Gasteiger partial charge on any atom is 0.348 e. The number of carbonyl (C=O) groups is 2. The van der Waals surface area contributed by atoms with Crippen LogP contribution in [0.2, 0.25) is 5.02 Å². The predicted octanol–water partition coefficient (Wildman–Crippen LogP) is 7.73. The molecule has 1 amide bonds. The topological polar surface area (TPSA) is 102 Å². The zero-order chi connectivity index (χ0) is 27.5. The highest BCUT2D eigenvalue weighted by Crippen LogP contribution is 2.37. The number of rotatable bonds is 8. The Hall–Kier alpha value is -4.47. The summed E-state index contributed by atoms with van der Waals surface area (Å²) in [5, 5.41) is 12.6. The third-order valence-corrected chi connectivity index (χ3v) is 7.16. The van der Waals surface area contributed by atoms with Crippen molar-refractivity contribution in [2.45, 2.75) is 6.92 Å². The minimum Gasteiger partial charge on any atom is -0.501 e. The monoisotopic (exact) mass is 562 g/mol. The molecule has 2 aromatic carbocycles. The van der Waals surface area contributed by atoms with Crippen molar-refractivity contribution in [1.82, 2.24) is 4.98 Å². The number of nitrogens with one attached hydrogen (secondary N) is 1. The highest BCUT2D eigenvalue weighted by atomic mass is 35.5. The van der Waals surface area contributed by atoms with Crippen LogP contribution in [0.5, 0.6) is 0 Å². The molecule has 0 fully saturated rings. The lowest BCUT2D eigenvalue weighted by molar-refractivity contribution is -0.111. The Kier molecular flexibility index (Phi) is 7.44. The predicted molar refractivity (Wildman–Crippen MR) is 149 cm³/mol. The van der Waals surface area contributed by atoms with Gasteiger partial charge in [-0.25, -0.2) is 9.18 Å². The van der Waals surface area contributed by atoms with Gasteiger partial charge in [0.05, 0.1) is 24.1 Å². The fourth-order valence-electron chi connectivity index (χ4n) is 3.90. The molecular formula is C29H20ClFN2O5S. The standard InChI is InChI=1S/C29H20ClFN2O5S/c1-2-37-15-20(19-10-9-18(30)12-21(19)31)28(34)33-23-14-26(39-27(23)29(35)36)17-7-5-16(6-8-17)25-13-22-24(38-25)4-3-11-32-22/h3-15H,2H2,1H3,(H,33,34)(H,35,36). The van der Waals surface area contributed by atoms with Gasteiger partial charge in [-0.3, -0.25) is 9.78 Å². The third-order valence-electron chi connectivity index (χ3n) is 5.75. The zero-order valence-electron chi connectivity index (χ0n) is 20.4. The van der Waals surface area contributed by atoms with Crippen molar-refractivity contribution < 1.29 is 28.2 Å². The van der Waals surface area contributed by atoms with Gasteiger partial charge in [-0.05, 0) is 48.9 Å². The van der Waals surface area contributed by atoms with E-state index in [0.717, 1.165) is 40.3 Å². The number of carboxylic acid groups (broad SMARTS) is 1. The van der Waals surface area contributed by atoms with Crippen molar-refractivity contribution in [3.8, 4) is 21.8 Å². The number of ether oxygens (including phenoxy) is 1. The third kappa shape index (κ3) is 5.55. The Morgan fingerprint density at radius 3 is 2.59 bits per heavy atom. The van der Waals surface area contributed by atoms with E-state index < -0.39 is 17.7 Å². The fraction of sp³-hybridized carbons (Fsp3) is 0.0690. The number of pyridine rings is 1. The van der Waals surface area contributed by atoms with Crippen LogP contribution in [0.1, 0.15) is 22.2 Å². The number of aromatic nitrogens is 1. The molecule has 0 unspecified atom stereocenters. The number of benzene rings is 2. The number of nitrogens with zero attached hydrogens (tertiary/aromatic N) is 1. The highest BCUT2D eigenvalue weighted by Gasteiger charge is 2.22. The van der Waals surface area contributed by atoms with Gasteiger partial charge in [0, 0.05) is 33.3 Å². The number of furan rings is 1. The normalized spacial score (nSPS) is 11.5. The summed E-state index contributed by atoms with van der Waals surface area (Å²) in [4.78, 5) is 30.0. The second kappa shape index (κ2) is 11.1. The number of thiophene rings is 1. The molecule has 7 nitrogen and oxygen atoms in total. The van der Waals surface area contributed by atoms with Gasteiger partial charge in [0.2, 0.25) is 0 Å². The number of aromatic carboxylic acids is 1. The summed E-state index contributed by atoms with van der Waals surface area (Å²) >= 11 is 6.86.